The first-order valence-corrected chi connectivity index (χ1v) is 7.46. The fourth-order valence-corrected chi connectivity index (χ4v) is 3.01. The van der Waals surface area contributed by atoms with Crippen LogP contribution in [0.1, 0.15) is 19.3 Å². The summed E-state index contributed by atoms with van der Waals surface area (Å²) in [7, 11) is -0.842. The van der Waals surface area contributed by atoms with Gasteiger partial charge in [-0.25, -0.2) is 0 Å². The van der Waals surface area contributed by atoms with Crippen molar-refractivity contribution in [3.05, 3.63) is 0 Å². The Kier molecular flexibility index (Phi) is 3.14. The number of thiol groups is 1. The summed E-state index contributed by atoms with van der Waals surface area (Å²) in [5, 5.41) is 0. The van der Waals surface area contributed by atoms with Crippen LogP contribution in [0, 0.1) is 0 Å². The first kappa shape index (κ1) is 9.71. The van der Waals surface area contributed by atoms with Crippen LogP contribution in [0.3, 0.4) is 0 Å². The van der Waals surface area contributed by atoms with Gasteiger partial charge in [0.1, 0.15) is 0 Å². The van der Waals surface area contributed by atoms with Crippen molar-refractivity contribution in [1.29, 1.82) is 0 Å². The van der Waals surface area contributed by atoms with Gasteiger partial charge in [-0.1, -0.05) is 0 Å². The fourth-order valence-electron chi connectivity index (χ4n) is 1.53. The lowest BCUT2D eigenvalue weighted by atomic mass is 10.2. The van der Waals surface area contributed by atoms with Crippen molar-refractivity contribution in [1.82, 2.24) is 4.72 Å². The van der Waals surface area contributed by atoms with Gasteiger partial charge in [0.05, 0.1) is 0 Å². The molecule has 1 aliphatic rings. The Balaban J connectivity index is 2.29. The van der Waals surface area contributed by atoms with E-state index in [1.807, 2.05) is 0 Å². The lowest BCUT2D eigenvalue weighted by molar-refractivity contribution is 0.632. The summed E-state index contributed by atoms with van der Waals surface area (Å²) in [5.74, 6) is 0. The Morgan fingerprint density at radius 2 is 2.09 bits per heavy atom. The minimum Gasteiger partial charge on any atom is -0.328 e. The van der Waals surface area contributed by atoms with Gasteiger partial charge < -0.3 is 5.73 Å². The number of hydrogen-bond acceptors (Lipinski definition) is 3. The summed E-state index contributed by atoms with van der Waals surface area (Å²) in [6, 6.07) is 1.04. The highest BCUT2D eigenvalue weighted by Crippen LogP contribution is 2.41. The van der Waals surface area contributed by atoms with Crippen molar-refractivity contribution < 1.29 is 0 Å². The Bertz CT molecular complexity index is 133. The van der Waals surface area contributed by atoms with Gasteiger partial charge in [0, 0.05) is 12.1 Å². The van der Waals surface area contributed by atoms with Crippen LogP contribution in [-0.4, -0.2) is 24.6 Å². The zero-order chi connectivity index (χ0) is 8.48. The molecule has 11 heavy (non-hydrogen) atoms. The number of nitrogens with one attached hydrogen (secondary N) is 1. The molecule has 0 amide bonds. The topological polar surface area (TPSA) is 38.0 Å². The molecule has 0 aromatic carbocycles. The Morgan fingerprint density at radius 3 is 2.45 bits per heavy atom. The first-order valence-electron chi connectivity index (χ1n) is 3.96. The molecule has 68 valence electrons. The summed E-state index contributed by atoms with van der Waals surface area (Å²) in [6.45, 7) is 0. The molecular formula is C7H18N2S2. The Labute approximate surface area is 75.6 Å². The van der Waals surface area contributed by atoms with Crippen LogP contribution in [0.25, 0.3) is 0 Å². The second kappa shape index (κ2) is 3.56. The van der Waals surface area contributed by atoms with Crippen molar-refractivity contribution in [3.63, 3.8) is 0 Å². The lowest BCUT2D eigenvalue weighted by Crippen LogP contribution is -2.28. The molecule has 1 saturated carbocycles. The van der Waals surface area contributed by atoms with Crippen molar-refractivity contribution >= 4 is 20.9 Å². The molecule has 4 heteroatoms. The molecule has 1 fully saturated rings. The predicted molar refractivity (Wildman–Crippen MR) is 57.2 cm³/mol. The van der Waals surface area contributed by atoms with Gasteiger partial charge >= 0.3 is 0 Å². The van der Waals surface area contributed by atoms with Gasteiger partial charge in [-0.3, -0.25) is 4.72 Å². The summed E-state index contributed by atoms with van der Waals surface area (Å²) in [6.07, 6.45) is 7.82. The van der Waals surface area contributed by atoms with E-state index in [1.165, 1.54) is 12.8 Å². The highest BCUT2D eigenvalue weighted by Gasteiger charge is 2.23. The van der Waals surface area contributed by atoms with Crippen molar-refractivity contribution in [2.75, 3.05) is 12.5 Å². The van der Waals surface area contributed by atoms with Gasteiger partial charge in [0.2, 0.25) is 0 Å². The molecule has 3 N–H and O–H groups in total. The number of nitrogens with two attached hydrogens (primary N) is 1. The van der Waals surface area contributed by atoms with Crippen LogP contribution < -0.4 is 10.5 Å². The zero-order valence-electron chi connectivity index (χ0n) is 7.21. The largest absolute Gasteiger partial charge is 0.328 e. The molecule has 0 saturated heterocycles. The zero-order valence-corrected chi connectivity index (χ0v) is 8.92. The average Bonchev–Trinajstić information content (AvgIpc) is 2.10. The van der Waals surface area contributed by atoms with Crippen LogP contribution in [-0.2, 0) is 0 Å². The van der Waals surface area contributed by atoms with E-state index in [-0.39, 0.29) is 0 Å². The molecule has 0 aromatic heterocycles. The van der Waals surface area contributed by atoms with Crippen LogP contribution in [0.2, 0.25) is 0 Å². The van der Waals surface area contributed by atoms with Crippen molar-refractivity contribution in [2.45, 2.75) is 31.3 Å². The van der Waals surface area contributed by atoms with E-state index >= 15 is 0 Å². The van der Waals surface area contributed by atoms with E-state index in [2.05, 4.69) is 28.9 Å². The summed E-state index contributed by atoms with van der Waals surface area (Å²) in [5.41, 5.74) is 5.79. The Hall–Kier alpha value is 0.620. The quantitative estimate of drug-likeness (QED) is 0.458. The van der Waals surface area contributed by atoms with E-state index < -0.39 is 9.25 Å². The van der Waals surface area contributed by atoms with E-state index in [0.29, 0.717) is 12.1 Å². The maximum absolute atomic E-state index is 5.79. The SMILES string of the molecule is CS(C)(S)NC1CCC(N)C1. The molecule has 1 aliphatic carbocycles. The highest BCUT2D eigenvalue weighted by atomic mass is 33.1. The van der Waals surface area contributed by atoms with Gasteiger partial charge in [-0.15, -0.1) is 20.9 Å². The van der Waals surface area contributed by atoms with Crippen LogP contribution in [0.4, 0.5) is 0 Å². The minimum atomic E-state index is -0.842. The minimum absolute atomic E-state index is 0.419. The van der Waals surface area contributed by atoms with Crippen LogP contribution in [0.15, 0.2) is 0 Å². The third kappa shape index (κ3) is 3.69. The molecular weight excluding hydrogens is 176 g/mol. The molecule has 2 nitrogen and oxygen atoms in total. The maximum Gasteiger partial charge on any atom is 0.0179 e. The van der Waals surface area contributed by atoms with Gasteiger partial charge in [-0.05, 0) is 31.8 Å². The molecule has 2 atom stereocenters. The molecule has 0 bridgehead atoms. The maximum atomic E-state index is 5.79. The highest BCUT2D eigenvalue weighted by molar-refractivity contribution is 8.86. The average molecular weight is 194 g/mol. The fraction of sp³-hybridized carbons (Fsp3) is 1.00. The molecule has 0 aliphatic heterocycles. The lowest BCUT2D eigenvalue weighted by Gasteiger charge is -2.29. The number of rotatable bonds is 2. The summed E-state index contributed by atoms with van der Waals surface area (Å²) < 4.78 is 3.52. The second-order valence-corrected chi connectivity index (χ2v) is 9.18. The normalized spacial score (nSPS) is 34.2. The number of hydrogen-bond donors (Lipinski definition) is 3. The molecule has 0 heterocycles. The van der Waals surface area contributed by atoms with Crippen LogP contribution >= 0.6 is 20.9 Å². The monoisotopic (exact) mass is 194 g/mol. The molecule has 2 unspecified atom stereocenters. The third-order valence-electron chi connectivity index (χ3n) is 1.93. The van der Waals surface area contributed by atoms with E-state index in [9.17, 15) is 0 Å². The second-order valence-electron chi connectivity index (χ2n) is 3.66. The standard InChI is InChI=1S/C7H18N2S2/c1-11(2,10)9-7-4-3-6(8)5-7/h6-7,9-10H,3-5,8H2,1-2H3. The van der Waals surface area contributed by atoms with Gasteiger partial charge in [0.15, 0.2) is 0 Å². The smallest absolute Gasteiger partial charge is 0.0179 e. The third-order valence-corrected chi connectivity index (χ3v) is 3.15. The molecule has 0 radical (unpaired) electrons. The van der Waals surface area contributed by atoms with E-state index in [1.54, 1.807) is 0 Å². The summed E-state index contributed by atoms with van der Waals surface area (Å²) in [4.78, 5) is 0. The molecule has 0 spiro atoms. The molecule has 0 aromatic rings. The van der Waals surface area contributed by atoms with Crippen LogP contribution in [0.5, 0.6) is 0 Å². The predicted octanol–water partition coefficient (Wildman–Crippen LogP) is 1.28. The van der Waals surface area contributed by atoms with E-state index in [4.69, 9.17) is 5.73 Å². The summed E-state index contributed by atoms with van der Waals surface area (Å²) >= 11 is 4.49. The van der Waals surface area contributed by atoms with Gasteiger partial charge in [-0.2, -0.15) is 0 Å². The molecule has 1 rings (SSSR count). The first-order chi connectivity index (χ1) is 4.97. The van der Waals surface area contributed by atoms with Crippen molar-refractivity contribution in [2.24, 2.45) is 5.73 Å². The van der Waals surface area contributed by atoms with Crippen molar-refractivity contribution in [3.8, 4) is 0 Å². The van der Waals surface area contributed by atoms with Gasteiger partial charge in [0.25, 0.3) is 0 Å². The Morgan fingerprint density at radius 1 is 1.45 bits per heavy atom. The van der Waals surface area contributed by atoms with E-state index in [0.717, 1.165) is 6.42 Å².